The Morgan fingerprint density at radius 3 is 2.50 bits per heavy atom. The zero-order valence-electron chi connectivity index (χ0n) is 12.1. The molecule has 0 aromatic heterocycles. The molecule has 1 aromatic rings. The highest BCUT2D eigenvalue weighted by Gasteiger charge is 2.33. The van der Waals surface area contributed by atoms with Gasteiger partial charge in [-0.1, -0.05) is 11.6 Å². The van der Waals surface area contributed by atoms with Crippen molar-refractivity contribution in [1.29, 1.82) is 0 Å². The van der Waals surface area contributed by atoms with Crippen molar-refractivity contribution in [1.82, 2.24) is 4.31 Å². The molecule has 1 aliphatic rings. The van der Waals surface area contributed by atoms with Gasteiger partial charge >= 0.3 is 0 Å². The van der Waals surface area contributed by atoms with Crippen LogP contribution in [0.25, 0.3) is 0 Å². The van der Waals surface area contributed by atoms with E-state index in [0.29, 0.717) is 13.1 Å². The summed E-state index contributed by atoms with van der Waals surface area (Å²) in [6.07, 6.45) is 0. The molecule has 6 nitrogen and oxygen atoms in total. The number of primary amides is 1. The Labute approximate surface area is 133 Å². The molecular weight excluding hydrogens is 333 g/mol. The molecule has 2 rings (SSSR count). The van der Waals surface area contributed by atoms with E-state index in [-0.39, 0.29) is 29.0 Å². The molecule has 3 N–H and O–H groups in total. The van der Waals surface area contributed by atoms with Crippen molar-refractivity contribution in [2.45, 2.75) is 17.9 Å². The van der Waals surface area contributed by atoms with Crippen LogP contribution in [0.2, 0.25) is 5.02 Å². The number of amides is 1. The lowest BCUT2D eigenvalue weighted by Gasteiger charge is -2.33. The minimum absolute atomic E-state index is 0.0368. The summed E-state index contributed by atoms with van der Waals surface area (Å²) in [7, 11) is -3.72. The number of nitrogens with one attached hydrogen (secondary N) is 1. The molecule has 122 valence electrons. The second-order valence-electron chi connectivity index (χ2n) is 5.26. The minimum Gasteiger partial charge on any atom is -0.365 e. The summed E-state index contributed by atoms with van der Waals surface area (Å²) in [5.74, 6) is -1.07. The molecule has 22 heavy (non-hydrogen) atoms. The number of benzene rings is 1. The number of rotatable bonds is 4. The molecule has 0 bridgehead atoms. The Kier molecular flexibility index (Phi) is 5.06. The maximum Gasteiger partial charge on any atom is 0.275 e. The highest BCUT2D eigenvalue weighted by molar-refractivity contribution is 7.89. The van der Waals surface area contributed by atoms with E-state index in [1.54, 1.807) is 6.92 Å². The lowest BCUT2D eigenvalue weighted by Crippen LogP contribution is -3.19. The second kappa shape index (κ2) is 6.49. The van der Waals surface area contributed by atoms with Gasteiger partial charge in [0.15, 0.2) is 6.04 Å². The SMILES string of the molecule is C[C@H](C(N)=O)[NH+]1CCN(S(=O)(=O)c2ccc(F)c(Cl)c2)CC1. The summed E-state index contributed by atoms with van der Waals surface area (Å²) in [4.78, 5) is 12.1. The van der Waals surface area contributed by atoms with Crippen molar-refractivity contribution >= 4 is 27.5 Å². The Balaban J connectivity index is 2.12. The van der Waals surface area contributed by atoms with Crippen LogP contribution in [0.1, 0.15) is 6.92 Å². The van der Waals surface area contributed by atoms with E-state index in [2.05, 4.69) is 0 Å². The first-order chi connectivity index (χ1) is 10.2. The number of nitrogens with two attached hydrogens (primary N) is 1. The normalized spacial score (nSPS) is 19.0. The summed E-state index contributed by atoms with van der Waals surface area (Å²) in [6, 6.07) is 2.98. The second-order valence-corrected chi connectivity index (χ2v) is 7.61. The van der Waals surface area contributed by atoms with Crippen LogP contribution in [0.4, 0.5) is 4.39 Å². The van der Waals surface area contributed by atoms with Gasteiger partial charge in [-0.05, 0) is 25.1 Å². The third kappa shape index (κ3) is 3.40. The van der Waals surface area contributed by atoms with Gasteiger partial charge in [-0.25, -0.2) is 12.8 Å². The fraction of sp³-hybridized carbons (Fsp3) is 0.462. The number of hydrogen-bond donors (Lipinski definition) is 2. The van der Waals surface area contributed by atoms with E-state index in [1.165, 1.54) is 10.4 Å². The van der Waals surface area contributed by atoms with Crippen molar-refractivity contribution in [2.24, 2.45) is 5.73 Å². The predicted molar refractivity (Wildman–Crippen MR) is 79.5 cm³/mol. The number of carbonyl (C=O) groups excluding carboxylic acids is 1. The Bertz CT molecular complexity index is 675. The summed E-state index contributed by atoms with van der Waals surface area (Å²) in [6.45, 7) is 3.23. The monoisotopic (exact) mass is 350 g/mol. The molecular formula is C13H18ClFN3O3S+. The number of carbonyl (C=O) groups is 1. The fourth-order valence-corrected chi connectivity index (χ4v) is 4.15. The van der Waals surface area contributed by atoms with Crippen molar-refractivity contribution in [3.63, 3.8) is 0 Å². The molecule has 0 unspecified atom stereocenters. The quantitative estimate of drug-likeness (QED) is 0.748. The van der Waals surface area contributed by atoms with Gasteiger partial charge in [-0.15, -0.1) is 0 Å². The van der Waals surface area contributed by atoms with Crippen LogP contribution < -0.4 is 10.6 Å². The van der Waals surface area contributed by atoms with Gasteiger partial charge in [-0.2, -0.15) is 4.31 Å². The van der Waals surface area contributed by atoms with E-state index in [1.807, 2.05) is 0 Å². The zero-order valence-corrected chi connectivity index (χ0v) is 13.6. The van der Waals surface area contributed by atoms with Crippen LogP contribution in [-0.4, -0.2) is 50.9 Å². The summed E-state index contributed by atoms with van der Waals surface area (Å²) in [5, 5.41) is -0.229. The van der Waals surface area contributed by atoms with Gasteiger partial charge in [0.2, 0.25) is 10.0 Å². The number of halogens is 2. The maximum atomic E-state index is 13.2. The Hall–Kier alpha value is -1.22. The number of quaternary nitrogens is 1. The van der Waals surface area contributed by atoms with E-state index in [9.17, 15) is 17.6 Å². The largest absolute Gasteiger partial charge is 0.365 e. The standard InChI is InChI=1S/C13H17ClFN3O3S/c1-9(13(16)19)17-4-6-18(7-5-17)22(20,21)10-2-3-12(15)11(14)8-10/h2-3,8-9H,4-7H2,1H3,(H2,16,19)/p+1/t9-/m1/s1. The van der Waals surface area contributed by atoms with Crippen LogP contribution in [0.3, 0.4) is 0 Å². The third-order valence-electron chi connectivity index (χ3n) is 3.93. The molecule has 1 atom stereocenters. The van der Waals surface area contributed by atoms with Crippen molar-refractivity contribution in [3.05, 3.63) is 29.0 Å². The average Bonchev–Trinajstić information content (AvgIpc) is 2.49. The van der Waals surface area contributed by atoms with Crippen LogP contribution in [0.5, 0.6) is 0 Å². The summed E-state index contributed by atoms with van der Waals surface area (Å²) >= 11 is 5.64. The van der Waals surface area contributed by atoms with Crippen LogP contribution >= 0.6 is 11.6 Å². The van der Waals surface area contributed by atoms with Crippen LogP contribution in [0, 0.1) is 5.82 Å². The molecule has 0 spiro atoms. The number of nitrogens with zero attached hydrogens (tertiary/aromatic N) is 1. The van der Waals surface area contributed by atoms with Gasteiger partial charge in [0, 0.05) is 0 Å². The smallest absolute Gasteiger partial charge is 0.275 e. The number of hydrogen-bond acceptors (Lipinski definition) is 3. The van der Waals surface area contributed by atoms with Crippen molar-refractivity contribution in [2.75, 3.05) is 26.2 Å². The molecule has 9 heteroatoms. The first-order valence-electron chi connectivity index (χ1n) is 6.82. The predicted octanol–water partition coefficient (Wildman–Crippen LogP) is -0.758. The Morgan fingerprint density at radius 2 is 2.00 bits per heavy atom. The lowest BCUT2D eigenvalue weighted by molar-refractivity contribution is -0.917. The van der Waals surface area contributed by atoms with Gasteiger partial charge in [0.05, 0.1) is 36.1 Å². The molecule has 1 saturated heterocycles. The highest BCUT2D eigenvalue weighted by Crippen LogP contribution is 2.22. The molecule has 1 heterocycles. The first kappa shape index (κ1) is 17.1. The maximum absolute atomic E-state index is 13.2. The molecule has 0 radical (unpaired) electrons. The topological polar surface area (TPSA) is 84.9 Å². The van der Waals surface area contributed by atoms with E-state index >= 15 is 0 Å². The van der Waals surface area contributed by atoms with Gasteiger partial charge in [-0.3, -0.25) is 4.79 Å². The molecule has 1 fully saturated rings. The van der Waals surface area contributed by atoms with E-state index in [0.717, 1.165) is 17.0 Å². The third-order valence-corrected chi connectivity index (χ3v) is 6.12. The molecule has 0 saturated carbocycles. The number of sulfonamides is 1. The molecule has 1 aromatic carbocycles. The fourth-order valence-electron chi connectivity index (χ4n) is 2.43. The summed E-state index contributed by atoms with van der Waals surface area (Å²) in [5.41, 5.74) is 5.27. The minimum atomic E-state index is -3.72. The Morgan fingerprint density at radius 1 is 1.41 bits per heavy atom. The van der Waals surface area contributed by atoms with Crippen molar-refractivity contribution in [3.8, 4) is 0 Å². The van der Waals surface area contributed by atoms with E-state index < -0.39 is 21.7 Å². The molecule has 0 aliphatic carbocycles. The molecule has 1 amide bonds. The molecule has 1 aliphatic heterocycles. The van der Waals surface area contributed by atoms with Gasteiger partial charge in [0.25, 0.3) is 5.91 Å². The van der Waals surface area contributed by atoms with Gasteiger partial charge < -0.3 is 10.6 Å². The average molecular weight is 351 g/mol. The van der Waals surface area contributed by atoms with Crippen LogP contribution in [-0.2, 0) is 14.8 Å². The number of piperazine rings is 1. The lowest BCUT2D eigenvalue weighted by atomic mass is 10.2. The van der Waals surface area contributed by atoms with Crippen LogP contribution in [0.15, 0.2) is 23.1 Å². The zero-order chi connectivity index (χ0) is 16.5. The van der Waals surface area contributed by atoms with Gasteiger partial charge in [0.1, 0.15) is 5.82 Å². The first-order valence-corrected chi connectivity index (χ1v) is 8.64. The van der Waals surface area contributed by atoms with Crippen molar-refractivity contribution < 1.29 is 22.5 Å². The highest BCUT2D eigenvalue weighted by atomic mass is 35.5. The van der Waals surface area contributed by atoms with E-state index in [4.69, 9.17) is 17.3 Å². The summed E-state index contributed by atoms with van der Waals surface area (Å²) < 4.78 is 39.5.